The minimum atomic E-state index is -0.100. The van der Waals surface area contributed by atoms with E-state index in [9.17, 15) is 9.59 Å². The summed E-state index contributed by atoms with van der Waals surface area (Å²) in [6, 6.07) is 6.19. The van der Waals surface area contributed by atoms with E-state index in [2.05, 4.69) is 35.7 Å². The van der Waals surface area contributed by atoms with E-state index < -0.39 is 0 Å². The highest BCUT2D eigenvalue weighted by molar-refractivity contribution is 6.06. The Morgan fingerprint density at radius 3 is 2.29 bits per heavy atom. The van der Waals surface area contributed by atoms with Crippen molar-refractivity contribution in [2.45, 2.75) is 20.3 Å². The number of hydrogen-bond acceptors (Lipinski definition) is 3. The van der Waals surface area contributed by atoms with Crippen LogP contribution in [0.15, 0.2) is 30.4 Å². The molecule has 0 aromatic heterocycles. The second-order valence-electron chi connectivity index (χ2n) is 7.91. The van der Waals surface area contributed by atoms with Gasteiger partial charge in [0, 0.05) is 5.69 Å². The number of rotatable bonds is 3. The van der Waals surface area contributed by atoms with Crippen LogP contribution in [-0.4, -0.2) is 23.4 Å². The number of nitrogens with zero attached hydrogens (tertiary/aromatic N) is 1. The standard InChI is InChI=1S/C20H22N2O2/c1-10-3-4-11(2)16(7-10)21-9-22-19(23)17-12-5-6-13(15-8-14(12)15)18(17)20(22)24/h3-7,12-15,17-18,21H,8-9H2,1-2H3/t12-,13-,14-,15+,17+,18+/m0/s1. The Labute approximate surface area is 141 Å². The zero-order valence-corrected chi connectivity index (χ0v) is 14.0. The molecule has 5 aliphatic rings. The molecule has 24 heavy (non-hydrogen) atoms. The lowest BCUT2D eigenvalue weighted by atomic mass is 9.63. The fourth-order valence-corrected chi connectivity index (χ4v) is 5.27. The van der Waals surface area contributed by atoms with Crippen molar-refractivity contribution in [2.75, 3.05) is 12.0 Å². The number of anilines is 1. The normalized spacial score (nSPS) is 38.3. The third-order valence-electron chi connectivity index (χ3n) is 6.57. The summed E-state index contributed by atoms with van der Waals surface area (Å²) in [4.78, 5) is 27.3. The number of hydrogen-bond donors (Lipinski definition) is 1. The van der Waals surface area contributed by atoms with Crippen LogP contribution in [0, 0.1) is 49.4 Å². The van der Waals surface area contributed by atoms with Crippen LogP contribution < -0.4 is 5.32 Å². The number of nitrogens with one attached hydrogen (secondary N) is 1. The minimum Gasteiger partial charge on any atom is -0.367 e. The summed E-state index contributed by atoms with van der Waals surface area (Å²) in [6.45, 7) is 4.36. The van der Waals surface area contributed by atoms with Gasteiger partial charge < -0.3 is 5.32 Å². The van der Waals surface area contributed by atoms with Crippen molar-refractivity contribution in [1.82, 2.24) is 4.90 Å². The summed E-state index contributed by atoms with van der Waals surface area (Å²) in [6.07, 6.45) is 5.64. The molecule has 2 amide bonds. The fraction of sp³-hybridized carbons (Fsp3) is 0.500. The lowest BCUT2D eigenvalue weighted by Gasteiger charge is -2.37. The molecule has 0 radical (unpaired) electrons. The van der Waals surface area contributed by atoms with E-state index in [0.29, 0.717) is 23.7 Å². The first kappa shape index (κ1) is 14.3. The van der Waals surface area contributed by atoms with Gasteiger partial charge in [-0.3, -0.25) is 14.5 Å². The van der Waals surface area contributed by atoms with Gasteiger partial charge in [0.15, 0.2) is 0 Å². The number of carbonyl (C=O) groups is 2. The molecule has 0 spiro atoms. The molecule has 1 saturated heterocycles. The minimum absolute atomic E-state index is 0.0347. The van der Waals surface area contributed by atoms with Crippen molar-refractivity contribution in [3.63, 3.8) is 0 Å². The molecule has 1 aromatic carbocycles. The van der Waals surface area contributed by atoms with Crippen LogP contribution in [0.4, 0.5) is 5.69 Å². The molecule has 4 heteroatoms. The molecule has 0 unspecified atom stereocenters. The van der Waals surface area contributed by atoms with E-state index in [0.717, 1.165) is 16.8 Å². The highest BCUT2D eigenvalue weighted by Crippen LogP contribution is 2.65. The van der Waals surface area contributed by atoms with Gasteiger partial charge in [-0.1, -0.05) is 24.3 Å². The van der Waals surface area contributed by atoms with Crippen molar-refractivity contribution in [3.8, 4) is 0 Å². The molecule has 1 heterocycles. The van der Waals surface area contributed by atoms with Crippen LogP contribution in [0.3, 0.4) is 0 Å². The zero-order chi connectivity index (χ0) is 16.6. The maximum absolute atomic E-state index is 12.9. The molecule has 3 fully saturated rings. The second-order valence-corrected chi connectivity index (χ2v) is 7.91. The number of amides is 2. The average molecular weight is 322 g/mol. The summed E-state index contributed by atoms with van der Waals surface area (Å²) >= 11 is 0. The van der Waals surface area contributed by atoms with Crippen molar-refractivity contribution < 1.29 is 9.59 Å². The van der Waals surface area contributed by atoms with Crippen LogP contribution in [-0.2, 0) is 9.59 Å². The number of allylic oxidation sites excluding steroid dienone is 2. The van der Waals surface area contributed by atoms with E-state index in [1.54, 1.807) is 0 Å². The third-order valence-corrected chi connectivity index (χ3v) is 6.57. The maximum Gasteiger partial charge on any atom is 0.235 e. The Kier molecular flexibility index (Phi) is 2.80. The Morgan fingerprint density at radius 1 is 1.04 bits per heavy atom. The molecule has 4 nitrogen and oxygen atoms in total. The predicted molar refractivity (Wildman–Crippen MR) is 91.0 cm³/mol. The summed E-state index contributed by atoms with van der Waals surface area (Å²) < 4.78 is 0. The van der Waals surface area contributed by atoms with Crippen LogP contribution in [0.1, 0.15) is 17.5 Å². The van der Waals surface area contributed by atoms with Gasteiger partial charge in [-0.25, -0.2) is 0 Å². The topological polar surface area (TPSA) is 49.4 Å². The Hall–Kier alpha value is -2.10. The summed E-state index contributed by atoms with van der Waals surface area (Å²) in [5.41, 5.74) is 3.28. The number of likely N-dealkylation sites (tertiary alicyclic amines) is 1. The summed E-state index contributed by atoms with van der Waals surface area (Å²) in [5, 5.41) is 3.30. The lowest BCUT2D eigenvalue weighted by molar-refractivity contribution is -0.139. The largest absolute Gasteiger partial charge is 0.367 e. The van der Waals surface area contributed by atoms with Gasteiger partial charge in [0.25, 0.3) is 0 Å². The third kappa shape index (κ3) is 1.80. The number of imide groups is 1. The van der Waals surface area contributed by atoms with Crippen molar-refractivity contribution >= 4 is 17.5 Å². The molecular formula is C20H22N2O2. The van der Waals surface area contributed by atoms with Gasteiger partial charge in [-0.05, 0) is 61.1 Å². The molecule has 124 valence electrons. The van der Waals surface area contributed by atoms with Crippen LogP contribution in [0.25, 0.3) is 0 Å². The summed E-state index contributed by atoms with van der Waals surface area (Å²) in [7, 11) is 0. The van der Waals surface area contributed by atoms with Gasteiger partial charge >= 0.3 is 0 Å². The second kappa shape index (κ2) is 4.71. The SMILES string of the molecule is Cc1ccc(C)c(NCN2C(=O)[C@@H]3[C@H]4C=C[C@@H]([C@@H]5C[C@H]45)[C@H]3C2=O)c1. The highest BCUT2D eigenvalue weighted by Gasteiger charge is 2.66. The summed E-state index contributed by atoms with van der Waals surface area (Å²) in [5.74, 6) is 1.78. The van der Waals surface area contributed by atoms with Gasteiger partial charge in [0.2, 0.25) is 11.8 Å². The maximum atomic E-state index is 12.9. The van der Waals surface area contributed by atoms with Crippen LogP contribution in [0.5, 0.6) is 0 Å². The van der Waals surface area contributed by atoms with Crippen molar-refractivity contribution in [3.05, 3.63) is 41.5 Å². The number of aryl methyl sites for hydroxylation is 2. The van der Waals surface area contributed by atoms with Gasteiger partial charge in [-0.15, -0.1) is 0 Å². The molecule has 2 saturated carbocycles. The molecule has 4 aliphatic carbocycles. The zero-order valence-electron chi connectivity index (χ0n) is 14.0. The quantitative estimate of drug-likeness (QED) is 0.688. The molecular weight excluding hydrogens is 300 g/mol. The first-order chi connectivity index (χ1) is 11.6. The van der Waals surface area contributed by atoms with Crippen LogP contribution in [0.2, 0.25) is 0 Å². The Bertz CT molecular complexity index is 748. The first-order valence-electron chi connectivity index (χ1n) is 8.91. The lowest BCUT2D eigenvalue weighted by Crippen LogP contribution is -2.40. The molecule has 1 aromatic rings. The van der Waals surface area contributed by atoms with E-state index >= 15 is 0 Å². The van der Waals surface area contributed by atoms with Gasteiger partial charge in [0.05, 0.1) is 18.5 Å². The molecule has 1 aliphatic heterocycles. The van der Waals surface area contributed by atoms with E-state index in [1.165, 1.54) is 11.3 Å². The average Bonchev–Trinajstić information content (AvgIpc) is 3.35. The first-order valence-corrected chi connectivity index (χ1v) is 8.91. The monoisotopic (exact) mass is 322 g/mol. The molecule has 2 bridgehead atoms. The van der Waals surface area contributed by atoms with Gasteiger partial charge in [0.1, 0.15) is 0 Å². The molecule has 6 rings (SSSR count). The predicted octanol–water partition coefficient (Wildman–Crippen LogP) is 2.73. The van der Waals surface area contributed by atoms with Crippen LogP contribution >= 0.6 is 0 Å². The smallest absolute Gasteiger partial charge is 0.235 e. The van der Waals surface area contributed by atoms with E-state index in [1.807, 2.05) is 13.8 Å². The number of benzene rings is 1. The van der Waals surface area contributed by atoms with E-state index in [-0.39, 0.29) is 30.3 Å². The van der Waals surface area contributed by atoms with Crippen molar-refractivity contribution in [2.24, 2.45) is 35.5 Å². The van der Waals surface area contributed by atoms with Crippen molar-refractivity contribution in [1.29, 1.82) is 0 Å². The number of carbonyl (C=O) groups excluding carboxylic acids is 2. The molecule has 1 N–H and O–H groups in total. The Balaban J connectivity index is 1.38. The fourth-order valence-electron chi connectivity index (χ4n) is 5.27. The Morgan fingerprint density at radius 2 is 1.67 bits per heavy atom. The van der Waals surface area contributed by atoms with E-state index in [4.69, 9.17) is 0 Å². The molecule has 6 atom stereocenters. The highest BCUT2D eigenvalue weighted by atomic mass is 16.2. The van der Waals surface area contributed by atoms with Gasteiger partial charge in [-0.2, -0.15) is 0 Å².